The monoisotopic (exact) mass is 758 g/mol. The van der Waals surface area contributed by atoms with E-state index in [9.17, 15) is 0 Å². The molecule has 0 radical (unpaired) electrons. The van der Waals surface area contributed by atoms with Gasteiger partial charge >= 0.3 is 234 Å². The van der Waals surface area contributed by atoms with E-state index >= 15 is 0 Å². The van der Waals surface area contributed by atoms with Crippen molar-refractivity contribution in [3.05, 3.63) is 123 Å². The van der Waals surface area contributed by atoms with Crippen LogP contribution in [0.25, 0.3) is 11.1 Å². The van der Waals surface area contributed by atoms with Gasteiger partial charge in [0.05, 0.1) is 0 Å². The Hall–Kier alpha value is -0.753. The average Bonchev–Trinajstić information content (AvgIpc) is 3.53. The molecule has 2 unspecified atom stereocenters. The van der Waals surface area contributed by atoms with E-state index in [0.717, 1.165) is 0 Å². The third-order valence-electron chi connectivity index (χ3n) is 7.61. The van der Waals surface area contributed by atoms with Crippen LogP contribution in [0.3, 0.4) is 0 Å². The minimum absolute atomic E-state index is 0. The van der Waals surface area contributed by atoms with Gasteiger partial charge in [-0.3, -0.25) is 0 Å². The summed E-state index contributed by atoms with van der Waals surface area (Å²) in [6.45, 7) is 14.9. The summed E-state index contributed by atoms with van der Waals surface area (Å²) in [7, 11) is 0. The molecule has 0 spiro atoms. The molecule has 0 bridgehead atoms. The molecule has 6 rings (SSSR count). The summed E-state index contributed by atoms with van der Waals surface area (Å²) in [6, 6.07) is 22.4. The molecule has 194 valence electrons. The Kier molecular flexibility index (Phi) is 9.54. The van der Waals surface area contributed by atoms with Crippen LogP contribution in [-0.4, -0.2) is 16.0 Å². The Balaban J connectivity index is 0.00000168. The van der Waals surface area contributed by atoms with Crippen LogP contribution in [0, 0.1) is 0 Å². The molecule has 2 aromatic rings. The molecule has 0 saturated carbocycles. The second kappa shape index (κ2) is 12.0. The van der Waals surface area contributed by atoms with Crippen LogP contribution in [-0.2, 0) is 20.1 Å². The summed E-state index contributed by atoms with van der Waals surface area (Å²) in [6.07, 6.45) is 5.07. The van der Waals surface area contributed by atoms with Crippen molar-refractivity contribution in [2.24, 2.45) is 0 Å². The Morgan fingerprint density at radius 2 is 1.00 bits per heavy atom. The van der Waals surface area contributed by atoms with Gasteiger partial charge in [0, 0.05) is 0 Å². The first kappa shape index (κ1) is 30.2. The quantitative estimate of drug-likeness (QED) is 0.440. The van der Waals surface area contributed by atoms with E-state index in [4.69, 9.17) is 0 Å². The summed E-state index contributed by atoms with van der Waals surface area (Å²) in [5.74, 6) is 0. The number of allylic oxidation sites excluding steroid dienone is 8. The van der Waals surface area contributed by atoms with E-state index in [1.807, 2.05) is 6.66 Å². The van der Waals surface area contributed by atoms with E-state index < -0.39 is 25.6 Å². The maximum Gasteiger partial charge on any atom is -1.00 e. The van der Waals surface area contributed by atoms with E-state index in [1.54, 1.807) is 33.4 Å². The standard InChI is InChI=1S/2C15H13S.C2H6Si.2ClH.Hf/c2*1-10-8-13-14(9-10)16-11(2)15(13)12-6-4-3-5-7-12;1-3-2;;;/h2*3-7,9,11H,1-2H3;1-2H3;2*1H;/q;;;;;+2/p-2. The Labute approximate surface area is 256 Å². The maximum atomic E-state index is 2.62. The van der Waals surface area contributed by atoms with Gasteiger partial charge in [0.1, 0.15) is 0 Å². The van der Waals surface area contributed by atoms with E-state index in [1.165, 1.54) is 20.9 Å². The van der Waals surface area contributed by atoms with Crippen molar-refractivity contribution in [2.45, 2.75) is 51.3 Å². The molecule has 2 aliphatic carbocycles. The van der Waals surface area contributed by atoms with Crippen LogP contribution in [0.2, 0.25) is 13.1 Å². The van der Waals surface area contributed by atoms with Crippen molar-refractivity contribution < 1.29 is 44.9 Å². The number of halogens is 2. The zero-order valence-electron chi connectivity index (χ0n) is 22.7. The van der Waals surface area contributed by atoms with Crippen molar-refractivity contribution in [1.29, 1.82) is 0 Å². The fourth-order valence-electron chi connectivity index (χ4n) is 6.21. The zero-order chi connectivity index (χ0) is 25.1. The van der Waals surface area contributed by atoms with E-state index in [2.05, 4.69) is 137 Å². The predicted octanol–water partition coefficient (Wildman–Crippen LogP) is 3.38. The molecule has 2 aliphatic heterocycles. The molecule has 0 amide bonds. The molecule has 0 N–H and O–H groups in total. The topological polar surface area (TPSA) is 0 Å². The van der Waals surface area contributed by atoms with Crippen molar-refractivity contribution in [3.63, 3.8) is 0 Å². The molecule has 2 aromatic carbocycles. The summed E-state index contributed by atoms with van der Waals surface area (Å²) >= 11 is 1.71. The van der Waals surface area contributed by atoms with Gasteiger partial charge in [0.2, 0.25) is 0 Å². The predicted molar refractivity (Wildman–Crippen MR) is 160 cm³/mol. The summed E-state index contributed by atoms with van der Waals surface area (Å²) in [5.41, 5.74) is 11.9. The molecule has 2 heterocycles. The van der Waals surface area contributed by atoms with Gasteiger partial charge in [0.15, 0.2) is 0 Å². The Morgan fingerprint density at radius 1 is 0.632 bits per heavy atom. The Morgan fingerprint density at radius 3 is 1.34 bits per heavy atom. The molecule has 4 aliphatic rings. The van der Waals surface area contributed by atoms with E-state index in [-0.39, 0.29) is 24.8 Å². The van der Waals surface area contributed by atoms with Gasteiger partial charge in [-0.15, -0.1) is 0 Å². The molecule has 0 fully saturated rings. The van der Waals surface area contributed by atoms with Crippen molar-refractivity contribution in [1.82, 2.24) is 0 Å². The van der Waals surface area contributed by atoms with Crippen molar-refractivity contribution in [2.75, 3.05) is 0 Å². The second-order valence-corrected chi connectivity index (χ2v) is 36.3. The van der Waals surface area contributed by atoms with Crippen LogP contribution in [0.1, 0.15) is 38.8 Å². The maximum absolute atomic E-state index is 2.62. The SMILES string of the molecule is CC1=[C]([Hf+2]([C]2=C(C)C=C3SC(C)C(c4ccccc4)=C32)=[Si](C)C)C2=C(c3ccccc3)C(C)SC2=C1.[Cl-].[Cl-]. The van der Waals surface area contributed by atoms with Gasteiger partial charge in [0.25, 0.3) is 0 Å². The number of hydrogen-bond donors (Lipinski definition) is 0. The van der Waals surface area contributed by atoms with Gasteiger partial charge in [-0.25, -0.2) is 0 Å². The molecule has 0 nitrogen and oxygen atoms in total. The zero-order valence-corrected chi connectivity index (χ0v) is 30.4. The molecular formula is C32H32Cl2HfS2Si. The number of thioether (sulfide) groups is 2. The van der Waals surface area contributed by atoms with Gasteiger partial charge in [-0.05, 0) is 0 Å². The summed E-state index contributed by atoms with van der Waals surface area (Å²) < 4.78 is 3.64. The molecule has 38 heavy (non-hydrogen) atoms. The third kappa shape index (κ3) is 4.97. The fraction of sp³-hybridized carbons (Fsp3) is 0.250. The summed E-state index contributed by atoms with van der Waals surface area (Å²) in [4.78, 5) is 3.07. The molecular weight excluding hydrogens is 726 g/mol. The third-order valence-corrected chi connectivity index (χ3v) is 34.0. The molecule has 2 atom stereocenters. The average molecular weight is 758 g/mol. The fourth-order valence-corrected chi connectivity index (χ4v) is 34.6. The van der Waals surface area contributed by atoms with Gasteiger partial charge < -0.3 is 24.8 Å². The molecule has 6 heteroatoms. The van der Waals surface area contributed by atoms with Crippen LogP contribution < -0.4 is 24.8 Å². The number of hydrogen-bond acceptors (Lipinski definition) is 2. The Bertz CT molecular complexity index is 1410. The first-order valence-corrected chi connectivity index (χ1v) is 26.1. The van der Waals surface area contributed by atoms with Crippen molar-refractivity contribution in [3.8, 4) is 0 Å². The van der Waals surface area contributed by atoms with Crippen molar-refractivity contribution >= 4 is 40.2 Å². The minimum atomic E-state index is -2.46. The first-order valence-electron chi connectivity index (χ1n) is 12.8. The van der Waals surface area contributed by atoms with E-state index in [0.29, 0.717) is 10.5 Å². The van der Waals surface area contributed by atoms with Crippen LogP contribution in [0.4, 0.5) is 0 Å². The first-order chi connectivity index (χ1) is 17.4. The number of fused-ring (bicyclic) bond motifs is 2. The van der Waals surface area contributed by atoms with Gasteiger partial charge in [-0.1, -0.05) is 0 Å². The molecule has 0 aromatic heterocycles. The van der Waals surface area contributed by atoms with Crippen LogP contribution >= 0.6 is 23.5 Å². The largest absolute Gasteiger partial charge is 1.00 e. The number of rotatable bonds is 4. The van der Waals surface area contributed by atoms with Gasteiger partial charge in [-0.2, -0.15) is 0 Å². The number of benzene rings is 2. The second-order valence-electron chi connectivity index (χ2n) is 10.3. The smallest absolute Gasteiger partial charge is 1.00 e. The minimum Gasteiger partial charge on any atom is -1.00 e. The van der Waals surface area contributed by atoms with Crippen LogP contribution in [0.15, 0.2) is 112 Å². The molecule has 0 saturated heterocycles. The van der Waals surface area contributed by atoms with Crippen LogP contribution in [0.5, 0.6) is 0 Å². The normalized spacial score (nSPS) is 21.5. The summed E-state index contributed by atoms with van der Waals surface area (Å²) in [5, 5.41) is 1.03.